The summed E-state index contributed by atoms with van der Waals surface area (Å²) < 4.78 is 0. The molecule has 1 amide bonds. The molecule has 4 heteroatoms. The average Bonchev–Trinajstić information content (AvgIpc) is 3.09. The van der Waals surface area contributed by atoms with Crippen LogP contribution in [-0.4, -0.2) is 60.1 Å². The standard InChI is InChI=1S/C15H26N2O2/c18-12-15(5-6-15)14(19)17-9-7-16(8-10-17)11-13-3-1-2-4-13/h13,18H,1-12H2. The maximum atomic E-state index is 12.3. The minimum Gasteiger partial charge on any atom is -0.395 e. The molecule has 2 saturated carbocycles. The van der Waals surface area contributed by atoms with Crippen LogP contribution < -0.4 is 0 Å². The lowest BCUT2D eigenvalue weighted by molar-refractivity contribution is -0.140. The fraction of sp³-hybridized carbons (Fsp3) is 0.933. The molecule has 0 atom stereocenters. The summed E-state index contributed by atoms with van der Waals surface area (Å²) in [4.78, 5) is 16.8. The van der Waals surface area contributed by atoms with Gasteiger partial charge in [0.2, 0.25) is 5.91 Å². The summed E-state index contributed by atoms with van der Waals surface area (Å²) >= 11 is 0. The fourth-order valence-corrected chi connectivity index (χ4v) is 3.62. The zero-order valence-corrected chi connectivity index (χ0v) is 11.8. The van der Waals surface area contributed by atoms with Gasteiger partial charge in [-0.1, -0.05) is 12.8 Å². The smallest absolute Gasteiger partial charge is 0.231 e. The number of aliphatic hydroxyl groups excluding tert-OH is 1. The van der Waals surface area contributed by atoms with Crippen LogP contribution in [0.15, 0.2) is 0 Å². The quantitative estimate of drug-likeness (QED) is 0.828. The molecule has 0 aromatic rings. The summed E-state index contributed by atoms with van der Waals surface area (Å²) in [7, 11) is 0. The van der Waals surface area contributed by atoms with E-state index in [4.69, 9.17) is 0 Å². The van der Waals surface area contributed by atoms with Gasteiger partial charge in [-0.2, -0.15) is 0 Å². The molecule has 1 aliphatic heterocycles. The molecule has 0 aromatic heterocycles. The molecule has 1 saturated heterocycles. The van der Waals surface area contributed by atoms with Gasteiger partial charge in [-0.05, 0) is 31.6 Å². The molecular weight excluding hydrogens is 240 g/mol. The normalized spacial score (nSPS) is 27.7. The first-order valence-corrected chi connectivity index (χ1v) is 7.86. The second-order valence-electron chi connectivity index (χ2n) is 6.68. The zero-order valence-electron chi connectivity index (χ0n) is 11.8. The highest BCUT2D eigenvalue weighted by Gasteiger charge is 2.51. The third-order valence-corrected chi connectivity index (χ3v) is 5.26. The van der Waals surface area contributed by atoms with E-state index in [-0.39, 0.29) is 17.9 Å². The van der Waals surface area contributed by atoms with Crippen LogP contribution in [0.4, 0.5) is 0 Å². The van der Waals surface area contributed by atoms with Gasteiger partial charge in [-0.15, -0.1) is 0 Å². The second-order valence-corrected chi connectivity index (χ2v) is 6.68. The van der Waals surface area contributed by atoms with Gasteiger partial charge in [-0.3, -0.25) is 9.69 Å². The predicted octanol–water partition coefficient (Wildman–Crippen LogP) is 1.09. The Morgan fingerprint density at radius 1 is 1.11 bits per heavy atom. The number of carbonyl (C=O) groups excluding carboxylic acids is 1. The average molecular weight is 266 g/mol. The second kappa shape index (κ2) is 5.41. The van der Waals surface area contributed by atoms with E-state index in [1.165, 1.54) is 32.2 Å². The lowest BCUT2D eigenvalue weighted by Crippen LogP contribution is -2.52. The largest absolute Gasteiger partial charge is 0.395 e. The Morgan fingerprint density at radius 3 is 2.26 bits per heavy atom. The van der Waals surface area contributed by atoms with Gasteiger partial charge in [0.1, 0.15) is 0 Å². The first-order chi connectivity index (χ1) is 9.23. The molecule has 0 aromatic carbocycles. The highest BCUT2D eigenvalue weighted by Crippen LogP contribution is 2.46. The lowest BCUT2D eigenvalue weighted by Gasteiger charge is -2.37. The molecule has 108 valence electrons. The lowest BCUT2D eigenvalue weighted by atomic mass is 10.1. The minimum atomic E-state index is -0.381. The highest BCUT2D eigenvalue weighted by molar-refractivity contribution is 5.85. The van der Waals surface area contributed by atoms with Gasteiger partial charge in [0, 0.05) is 32.7 Å². The van der Waals surface area contributed by atoms with E-state index in [9.17, 15) is 9.90 Å². The van der Waals surface area contributed by atoms with Crippen LogP contribution in [0.5, 0.6) is 0 Å². The van der Waals surface area contributed by atoms with Crippen LogP contribution in [0, 0.1) is 11.3 Å². The summed E-state index contributed by atoms with van der Waals surface area (Å²) in [5.74, 6) is 1.10. The zero-order chi connectivity index (χ0) is 13.3. The maximum absolute atomic E-state index is 12.3. The Bertz CT molecular complexity index is 327. The Kier molecular flexibility index (Phi) is 3.81. The van der Waals surface area contributed by atoms with E-state index in [0.29, 0.717) is 0 Å². The number of nitrogens with zero attached hydrogens (tertiary/aromatic N) is 2. The molecule has 0 radical (unpaired) electrons. The minimum absolute atomic E-state index is 0.0358. The number of hydrogen-bond acceptors (Lipinski definition) is 3. The molecule has 0 unspecified atom stereocenters. The van der Waals surface area contributed by atoms with Crippen LogP contribution in [0.1, 0.15) is 38.5 Å². The van der Waals surface area contributed by atoms with Crippen molar-refractivity contribution in [3.8, 4) is 0 Å². The third kappa shape index (κ3) is 2.79. The predicted molar refractivity (Wildman–Crippen MR) is 73.7 cm³/mol. The molecule has 2 aliphatic carbocycles. The number of carbonyl (C=O) groups is 1. The Balaban J connectivity index is 1.45. The fourth-order valence-electron chi connectivity index (χ4n) is 3.62. The SMILES string of the molecule is O=C(N1CCN(CC2CCCC2)CC1)C1(CO)CC1. The summed E-state index contributed by atoms with van der Waals surface area (Å²) in [6.45, 7) is 5.01. The van der Waals surface area contributed by atoms with Gasteiger partial charge in [0.05, 0.1) is 12.0 Å². The molecule has 1 N–H and O–H groups in total. The molecule has 3 aliphatic rings. The van der Waals surface area contributed by atoms with Gasteiger partial charge >= 0.3 is 0 Å². The van der Waals surface area contributed by atoms with Crippen molar-refractivity contribution in [1.29, 1.82) is 0 Å². The molecule has 19 heavy (non-hydrogen) atoms. The van der Waals surface area contributed by atoms with Gasteiger partial charge in [-0.25, -0.2) is 0 Å². The molecule has 0 spiro atoms. The number of rotatable bonds is 4. The van der Waals surface area contributed by atoms with Crippen molar-refractivity contribution < 1.29 is 9.90 Å². The number of hydrogen-bond donors (Lipinski definition) is 1. The van der Waals surface area contributed by atoms with Gasteiger partial charge in [0.25, 0.3) is 0 Å². The van der Waals surface area contributed by atoms with Gasteiger partial charge < -0.3 is 10.0 Å². The van der Waals surface area contributed by atoms with E-state index < -0.39 is 0 Å². The number of aliphatic hydroxyl groups is 1. The van der Waals surface area contributed by atoms with Crippen molar-refractivity contribution in [3.05, 3.63) is 0 Å². The van der Waals surface area contributed by atoms with E-state index in [2.05, 4.69) is 4.90 Å². The van der Waals surface area contributed by atoms with Gasteiger partial charge in [0.15, 0.2) is 0 Å². The monoisotopic (exact) mass is 266 g/mol. The van der Waals surface area contributed by atoms with Crippen LogP contribution in [-0.2, 0) is 4.79 Å². The van der Waals surface area contributed by atoms with Crippen molar-refractivity contribution in [2.75, 3.05) is 39.3 Å². The maximum Gasteiger partial charge on any atom is 0.231 e. The summed E-state index contributed by atoms with van der Waals surface area (Å²) in [6, 6.07) is 0. The van der Waals surface area contributed by atoms with E-state index in [1.807, 2.05) is 4.90 Å². The van der Waals surface area contributed by atoms with Crippen molar-refractivity contribution in [3.63, 3.8) is 0 Å². The Hall–Kier alpha value is -0.610. The molecule has 0 bridgehead atoms. The first-order valence-electron chi connectivity index (χ1n) is 7.86. The van der Waals surface area contributed by atoms with Crippen LogP contribution in [0.3, 0.4) is 0 Å². The Morgan fingerprint density at radius 2 is 1.74 bits per heavy atom. The number of piperazine rings is 1. The molecule has 3 rings (SSSR count). The molecule has 3 fully saturated rings. The summed E-state index contributed by atoms with van der Waals surface area (Å²) in [6.07, 6.45) is 7.36. The van der Waals surface area contributed by atoms with E-state index in [0.717, 1.165) is 44.9 Å². The first kappa shape index (κ1) is 13.4. The topological polar surface area (TPSA) is 43.8 Å². The Labute approximate surface area is 115 Å². The van der Waals surface area contributed by atoms with Crippen LogP contribution >= 0.6 is 0 Å². The summed E-state index contributed by atoms with van der Waals surface area (Å²) in [5, 5.41) is 9.34. The van der Waals surface area contributed by atoms with Crippen molar-refractivity contribution in [2.45, 2.75) is 38.5 Å². The van der Waals surface area contributed by atoms with Crippen molar-refractivity contribution >= 4 is 5.91 Å². The molecule has 1 heterocycles. The number of amides is 1. The van der Waals surface area contributed by atoms with Crippen molar-refractivity contribution in [2.24, 2.45) is 11.3 Å². The third-order valence-electron chi connectivity index (χ3n) is 5.26. The van der Waals surface area contributed by atoms with Crippen LogP contribution in [0.25, 0.3) is 0 Å². The molecule has 4 nitrogen and oxygen atoms in total. The highest BCUT2D eigenvalue weighted by atomic mass is 16.3. The molecular formula is C15H26N2O2. The van der Waals surface area contributed by atoms with E-state index in [1.54, 1.807) is 0 Å². The van der Waals surface area contributed by atoms with E-state index >= 15 is 0 Å². The summed E-state index contributed by atoms with van der Waals surface area (Å²) in [5.41, 5.74) is -0.381. The van der Waals surface area contributed by atoms with Crippen molar-refractivity contribution in [1.82, 2.24) is 9.80 Å². The van der Waals surface area contributed by atoms with Crippen LogP contribution in [0.2, 0.25) is 0 Å².